The van der Waals surface area contributed by atoms with Crippen LogP contribution in [0.25, 0.3) is 10.6 Å². The van der Waals surface area contributed by atoms with Gasteiger partial charge in [-0.1, -0.05) is 12.1 Å². The number of amides is 1. The van der Waals surface area contributed by atoms with Crippen LogP contribution >= 0.6 is 11.3 Å². The third kappa shape index (κ3) is 5.02. The fourth-order valence-electron chi connectivity index (χ4n) is 1.70. The summed E-state index contributed by atoms with van der Waals surface area (Å²) in [7, 11) is -0.915. The first kappa shape index (κ1) is 15.8. The molecule has 0 saturated heterocycles. The van der Waals surface area contributed by atoms with Gasteiger partial charge in [0.05, 0.1) is 12.1 Å². The first-order valence-electron chi connectivity index (χ1n) is 6.31. The highest BCUT2D eigenvalue weighted by molar-refractivity contribution is 7.84. The Morgan fingerprint density at radius 1 is 1.48 bits per heavy atom. The Morgan fingerprint density at radius 3 is 3.00 bits per heavy atom. The van der Waals surface area contributed by atoms with E-state index in [-0.39, 0.29) is 18.1 Å². The number of hydrogen-bond donors (Lipinski definition) is 1. The van der Waals surface area contributed by atoms with Crippen molar-refractivity contribution >= 4 is 28.0 Å². The summed E-state index contributed by atoms with van der Waals surface area (Å²) in [5, 5.41) is 5.17. The monoisotopic (exact) mass is 326 g/mol. The Balaban J connectivity index is 1.94. The average Bonchev–Trinajstić information content (AvgIpc) is 2.86. The van der Waals surface area contributed by atoms with E-state index in [1.165, 1.54) is 23.5 Å². The Bertz CT molecular complexity index is 658. The molecule has 0 aliphatic heterocycles. The van der Waals surface area contributed by atoms with Crippen LogP contribution in [-0.2, 0) is 22.0 Å². The van der Waals surface area contributed by atoms with Gasteiger partial charge in [0.2, 0.25) is 5.91 Å². The van der Waals surface area contributed by atoms with Crippen LogP contribution in [0.1, 0.15) is 5.69 Å². The van der Waals surface area contributed by atoms with Crippen LogP contribution in [0.3, 0.4) is 0 Å². The number of rotatable bonds is 6. The molecule has 1 amide bonds. The van der Waals surface area contributed by atoms with E-state index >= 15 is 0 Å². The number of halogens is 1. The summed E-state index contributed by atoms with van der Waals surface area (Å²) in [6.07, 6.45) is 1.76. The number of nitrogens with zero attached hydrogens (tertiary/aromatic N) is 1. The highest BCUT2D eigenvalue weighted by atomic mass is 32.2. The van der Waals surface area contributed by atoms with E-state index in [9.17, 15) is 13.4 Å². The predicted molar refractivity (Wildman–Crippen MR) is 83.2 cm³/mol. The third-order valence-corrected chi connectivity index (χ3v) is 4.40. The van der Waals surface area contributed by atoms with Crippen molar-refractivity contribution in [2.24, 2.45) is 0 Å². The van der Waals surface area contributed by atoms with E-state index in [2.05, 4.69) is 10.3 Å². The van der Waals surface area contributed by atoms with Crippen LogP contribution < -0.4 is 5.32 Å². The molecule has 112 valence electrons. The Labute approximate surface area is 128 Å². The molecule has 0 saturated carbocycles. The van der Waals surface area contributed by atoms with Gasteiger partial charge in [-0.2, -0.15) is 0 Å². The topological polar surface area (TPSA) is 59.1 Å². The van der Waals surface area contributed by atoms with Crippen LogP contribution in [0.5, 0.6) is 0 Å². The summed E-state index contributed by atoms with van der Waals surface area (Å²) < 4.78 is 24.1. The molecule has 2 rings (SSSR count). The summed E-state index contributed by atoms with van der Waals surface area (Å²) >= 11 is 1.38. The zero-order valence-electron chi connectivity index (χ0n) is 11.5. The van der Waals surface area contributed by atoms with E-state index < -0.39 is 10.8 Å². The highest BCUT2D eigenvalue weighted by Crippen LogP contribution is 2.24. The number of hydrogen-bond acceptors (Lipinski definition) is 4. The number of thiazole rings is 1. The molecule has 1 aromatic heterocycles. The summed E-state index contributed by atoms with van der Waals surface area (Å²) in [5.41, 5.74) is 1.35. The lowest BCUT2D eigenvalue weighted by Gasteiger charge is -2.02. The van der Waals surface area contributed by atoms with Crippen LogP contribution in [0, 0.1) is 5.82 Å². The minimum Gasteiger partial charge on any atom is -0.355 e. The predicted octanol–water partition coefficient (Wildman–Crippen LogP) is 1.99. The van der Waals surface area contributed by atoms with Gasteiger partial charge in [-0.15, -0.1) is 11.3 Å². The Kier molecular flexibility index (Phi) is 5.58. The number of carbonyl (C=O) groups is 1. The number of nitrogens with one attached hydrogen (secondary N) is 1. The molecule has 0 bridgehead atoms. The first-order chi connectivity index (χ1) is 10.0. The summed E-state index contributed by atoms with van der Waals surface area (Å²) in [6.45, 7) is 0.392. The van der Waals surface area contributed by atoms with Crippen LogP contribution in [0.15, 0.2) is 29.6 Å². The molecule has 0 aliphatic rings. The second kappa shape index (κ2) is 7.42. The minimum absolute atomic E-state index is 0.156. The van der Waals surface area contributed by atoms with E-state index in [1.807, 2.05) is 0 Å². The molecule has 1 aromatic carbocycles. The molecule has 1 unspecified atom stereocenters. The third-order valence-electron chi connectivity index (χ3n) is 2.68. The van der Waals surface area contributed by atoms with E-state index in [0.717, 1.165) is 0 Å². The molecule has 2 aromatic rings. The minimum atomic E-state index is -0.915. The molecule has 0 radical (unpaired) electrons. The molecule has 1 heterocycles. The van der Waals surface area contributed by atoms with Gasteiger partial charge in [0.15, 0.2) is 0 Å². The van der Waals surface area contributed by atoms with Crippen molar-refractivity contribution in [3.8, 4) is 10.6 Å². The van der Waals surface area contributed by atoms with Gasteiger partial charge in [0, 0.05) is 40.3 Å². The lowest BCUT2D eigenvalue weighted by Crippen LogP contribution is -2.28. The van der Waals surface area contributed by atoms with Gasteiger partial charge in [0.25, 0.3) is 0 Å². The SMILES string of the molecule is CS(=O)CCNC(=O)Cc1csc(-c2cccc(F)c2)n1. The van der Waals surface area contributed by atoms with Crippen LogP contribution in [0.2, 0.25) is 0 Å². The van der Waals surface area contributed by atoms with Crippen LogP contribution in [0.4, 0.5) is 4.39 Å². The number of carbonyl (C=O) groups excluding carboxylic acids is 1. The van der Waals surface area contributed by atoms with E-state index in [1.54, 1.807) is 23.8 Å². The van der Waals surface area contributed by atoms with Gasteiger partial charge >= 0.3 is 0 Å². The lowest BCUT2D eigenvalue weighted by atomic mass is 10.2. The maximum atomic E-state index is 13.2. The largest absolute Gasteiger partial charge is 0.355 e. The van der Waals surface area contributed by atoms with Crippen molar-refractivity contribution in [2.75, 3.05) is 18.6 Å². The summed E-state index contributed by atoms with van der Waals surface area (Å²) in [6, 6.07) is 6.20. The van der Waals surface area contributed by atoms with Crippen LogP contribution in [-0.4, -0.2) is 33.7 Å². The molecule has 21 heavy (non-hydrogen) atoms. The van der Waals surface area contributed by atoms with Gasteiger partial charge in [-0.05, 0) is 12.1 Å². The zero-order valence-corrected chi connectivity index (χ0v) is 13.1. The Morgan fingerprint density at radius 2 is 2.29 bits per heavy atom. The van der Waals surface area contributed by atoms with Gasteiger partial charge in [0.1, 0.15) is 10.8 Å². The molecule has 4 nitrogen and oxygen atoms in total. The van der Waals surface area contributed by atoms with Crippen molar-refractivity contribution < 1.29 is 13.4 Å². The zero-order chi connectivity index (χ0) is 15.2. The van der Waals surface area contributed by atoms with Gasteiger partial charge in [-0.3, -0.25) is 9.00 Å². The maximum Gasteiger partial charge on any atom is 0.226 e. The summed E-state index contributed by atoms with van der Waals surface area (Å²) in [5.74, 6) is -0.0248. The van der Waals surface area contributed by atoms with Gasteiger partial charge in [-0.25, -0.2) is 9.37 Å². The molecule has 7 heteroatoms. The fraction of sp³-hybridized carbons (Fsp3) is 0.286. The van der Waals surface area contributed by atoms with Crippen molar-refractivity contribution in [2.45, 2.75) is 6.42 Å². The smallest absolute Gasteiger partial charge is 0.226 e. The second-order valence-electron chi connectivity index (χ2n) is 4.46. The molecular formula is C14H15FN2O2S2. The van der Waals surface area contributed by atoms with E-state index in [4.69, 9.17) is 0 Å². The summed E-state index contributed by atoms with van der Waals surface area (Å²) in [4.78, 5) is 16.0. The van der Waals surface area contributed by atoms with Crippen molar-refractivity contribution in [1.82, 2.24) is 10.3 Å². The van der Waals surface area contributed by atoms with E-state index in [0.29, 0.717) is 28.6 Å². The lowest BCUT2D eigenvalue weighted by molar-refractivity contribution is -0.120. The molecule has 0 fully saturated rings. The quantitative estimate of drug-likeness (QED) is 0.883. The molecule has 1 atom stereocenters. The maximum absolute atomic E-state index is 13.2. The second-order valence-corrected chi connectivity index (χ2v) is 6.87. The molecule has 1 N–H and O–H groups in total. The average molecular weight is 326 g/mol. The number of benzene rings is 1. The van der Waals surface area contributed by atoms with Crippen molar-refractivity contribution in [3.05, 3.63) is 41.2 Å². The van der Waals surface area contributed by atoms with Crippen molar-refractivity contribution in [3.63, 3.8) is 0 Å². The normalized spacial score (nSPS) is 12.1. The highest BCUT2D eigenvalue weighted by Gasteiger charge is 2.09. The molecular weight excluding hydrogens is 311 g/mol. The number of aromatic nitrogens is 1. The molecule has 0 spiro atoms. The molecule has 0 aliphatic carbocycles. The van der Waals surface area contributed by atoms with Crippen molar-refractivity contribution in [1.29, 1.82) is 0 Å². The standard InChI is InChI=1S/C14H15FN2O2S2/c1-21(19)6-5-16-13(18)8-12-9-20-14(17-12)10-3-2-4-11(15)7-10/h2-4,7,9H,5-6,8H2,1H3,(H,16,18). The first-order valence-corrected chi connectivity index (χ1v) is 8.92. The fourth-order valence-corrected chi connectivity index (χ4v) is 2.91. The van der Waals surface area contributed by atoms with Gasteiger partial charge < -0.3 is 5.32 Å². The Hall–Kier alpha value is -1.60.